The number of pyridine rings is 1. The van der Waals surface area contributed by atoms with Crippen LogP contribution in [0.25, 0.3) is 0 Å². The summed E-state index contributed by atoms with van der Waals surface area (Å²) < 4.78 is 0. The molecule has 1 saturated heterocycles. The third-order valence-corrected chi connectivity index (χ3v) is 4.82. The van der Waals surface area contributed by atoms with Gasteiger partial charge >= 0.3 is 0 Å². The number of carbonyl (C=O) groups is 1. The Hall–Kier alpha value is -1.42. The minimum absolute atomic E-state index is 0.00123. The number of fused-ring (bicyclic) bond motifs is 1. The molecule has 1 aliphatic heterocycles. The Morgan fingerprint density at radius 2 is 2.25 bits per heavy atom. The summed E-state index contributed by atoms with van der Waals surface area (Å²) in [6.07, 6.45) is 4.90. The lowest BCUT2D eigenvalue weighted by atomic mass is 9.71. The quantitative estimate of drug-likeness (QED) is 0.853. The van der Waals surface area contributed by atoms with Crippen LogP contribution in [-0.2, 0) is 0 Å². The van der Waals surface area contributed by atoms with Gasteiger partial charge in [-0.15, -0.1) is 0 Å². The molecule has 0 radical (unpaired) electrons. The average molecular weight is 274 g/mol. The Bertz CT molecular complexity index is 517. The summed E-state index contributed by atoms with van der Waals surface area (Å²) in [5.41, 5.74) is 0.850. The number of aryl methyl sites for hydroxylation is 1. The van der Waals surface area contributed by atoms with Gasteiger partial charge in [0.25, 0.3) is 5.91 Å². The Kier molecular flexibility index (Phi) is 3.50. The van der Waals surface area contributed by atoms with Crippen LogP contribution in [0, 0.1) is 12.8 Å². The number of aromatic nitrogens is 1. The summed E-state index contributed by atoms with van der Waals surface area (Å²) in [5, 5.41) is 10.7. The normalized spacial score (nSPS) is 29.9. The molecule has 2 atom stereocenters. The maximum atomic E-state index is 12.5. The van der Waals surface area contributed by atoms with Crippen LogP contribution in [0.3, 0.4) is 0 Å². The van der Waals surface area contributed by atoms with Crippen molar-refractivity contribution in [3.8, 4) is 0 Å². The maximum absolute atomic E-state index is 12.5. The van der Waals surface area contributed by atoms with Crippen molar-refractivity contribution < 1.29 is 9.90 Å². The molecule has 1 aromatic rings. The van der Waals surface area contributed by atoms with Crippen LogP contribution in [0.15, 0.2) is 18.2 Å². The third-order valence-electron chi connectivity index (χ3n) is 4.82. The number of aliphatic hydroxyl groups is 1. The van der Waals surface area contributed by atoms with Crippen LogP contribution in [0.5, 0.6) is 0 Å². The second-order valence-corrected chi connectivity index (χ2v) is 6.21. The van der Waals surface area contributed by atoms with Gasteiger partial charge in [0.05, 0.1) is 5.60 Å². The van der Waals surface area contributed by atoms with Crippen molar-refractivity contribution in [2.24, 2.45) is 5.92 Å². The molecule has 1 N–H and O–H groups in total. The smallest absolute Gasteiger partial charge is 0.272 e. The first-order valence-corrected chi connectivity index (χ1v) is 7.54. The number of amides is 1. The topological polar surface area (TPSA) is 53.4 Å². The Balaban J connectivity index is 1.74. The monoisotopic (exact) mass is 274 g/mol. The fourth-order valence-electron chi connectivity index (χ4n) is 3.58. The second kappa shape index (κ2) is 5.17. The zero-order chi connectivity index (χ0) is 14.2. The van der Waals surface area contributed by atoms with E-state index in [2.05, 4.69) is 4.98 Å². The van der Waals surface area contributed by atoms with Crippen LogP contribution in [0.1, 0.15) is 48.3 Å². The van der Waals surface area contributed by atoms with Crippen LogP contribution >= 0.6 is 0 Å². The first kappa shape index (κ1) is 13.6. The zero-order valence-electron chi connectivity index (χ0n) is 12.0. The maximum Gasteiger partial charge on any atom is 0.272 e. The van der Waals surface area contributed by atoms with E-state index >= 15 is 0 Å². The number of piperidine rings is 1. The lowest BCUT2D eigenvalue weighted by molar-refractivity contribution is -0.0886. The molecule has 0 aromatic carbocycles. The minimum atomic E-state index is -0.533. The summed E-state index contributed by atoms with van der Waals surface area (Å²) in [6.45, 7) is 3.21. The molecule has 2 fully saturated rings. The fourth-order valence-corrected chi connectivity index (χ4v) is 3.58. The molecule has 20 heavy (non-hydrogen) atoms. The Morgan fingerprint density at radius 1 is 1.40 bits per heavy atom. The van der Waals surface area contributed by atoms with E-state index in [9.17, 15) is 9.90 Å². The highest BCUT2D eigenvalue weighted by atomic mass is 16.3. The van der Waals surface area contributed by atoms with Gasteiger partial charge in [0.2, 0.25) is 0 Å². The molecule has 0 spiro atoms. The van der Waals surface area contributed by atoms with Crippen molar-refractivity contribution in [2.45, 2.75) is 44.6 Å². The van der Waals surface area contributed by atoms with Gasteiger partial charge in [0, 0.05) is 24.7 Å². The molecule has 3 rings (SSSR count). The summed E-state index contributed by atoms with van der Waals surface area (Å²) >= 11 is 0. The first-order chi connectivity index (χ1) is 9.58. The van der Waals surface area contributed by atoms with Gasteiger partial charge in [0.15, 0.2) is 0 Å². The fraction of sp³-hybridized carbons (Fsp3) is 0.625. The molecule has 1 aromatic heterocycles. The zero-order valence-corrected chi connectivity index (χ0v) is 12.0. The molecular formula is C16H22N2O2. The summed E-state index contributed by atoms with van der Waals surface area (Å²) in [6, 6.07) is 5.54. The molecule has 2 aliphatic rings. The summed E-state index contributed by atoms with van der Waals surface area (Å²) in [7, 11) is 0. The Labute approximate surface area is 119 Å². The molecule has 4 heteroatoms. The van der Waals surface area contributed by atoms with E-state index in [1.165, 1.54) is 0 Å². The van der Waals surface area contributed by atoms with Gasteiger partial charge in [-0.05, 0) is 38.3 Å². The van der Waals surface area contributed by atoms with Crippen molar-refractivity contribution in [1.29, 1.82) is 0 Å². The number of nitrogens with zero attached hydrogens (tertiary/aromatic N) is 2. The van der Waals surface area contributed by atoms with Crippen LogP contribution < -0.4 is 0 Å². The number of hydrogen-bond acceptors (Lipinski definition) is 3. The van der Waals surface area contributed by atoms with Gasteiger partial charge in [-0.1, -0.05) is 18.9 Å². The average Bonchev–Trinajstić information content (AvgIpc) is 2.45. The molecule has 0 bridgehead atoms. The van der Waals surface area contributed by atoms with Crippen molar-refractivity contribution >= 4 is 5.91 Å². The SMILES string of the molecule is Cc1cccc(C(=O)N2CCC3(O)CCCCC3C2)n1. The van der Waals surface area contributed by atoms with Crippen LogP contribution in [-0.4, -0.2) is 39.6 Å². The van der Waals surface area contributed by atoms with Crippen molar-refractivity contribution in [1.82, 2.24) is 9.88 Å². The van der Waals surface area contributed by atoms with Gasteiger partial charge in [-0.25, -0.2) is 4.98 Å². The highest BCUT2D eigenvalue weighted by molar-refractivity contribution is 5.92. The summed E-state index contributed by atoms with van der Waals surface area (Å²) in [5.74, 6) is 0.236. The van der Waals surface area contributed by atoms with Crippen LogP contribution in [0.4, 0.5) is 0 Å². The van der Waals surface area contributed by atoms with Gasteiger partial charge in [0.1, 0.15) is 5.69 Å². The van der Waals surface area contributed by atoms with E-state index in [-0.39, 0.29) is 11.8 Å². The van der Waals surface area contributed by atoms with E-state index in [1.807, 2.05) is 24.0 Å². The molecule has 108 valence electrons. The molecule has 2 heterocycles. The molecular weight excluding hydrogens is 252 g/mol. The first-order valence-electron chi connectivity index (χ1n) is 7.54. The number of hydrogen-bond donors (Lipinski definition) is 1. The van der Waals surface area contributed by atoms with E-state index in [0.29, 0.717) is 25.2 Å². The molecule has 1 saturated carbocycles. The molecule has 1 amide bonds. The highest BCUT2D eigenvalue weighted by Crippen LogP contribution is 2.39. The molecule has 4 nitrogen and oxygen atoms in total. The third kappa shape index (κ3) is 2.44. The van der Waals surface area contributed by atoms with Crippen molar-refractivity contribution in [3.63, 3.8) is 0 Å². The van der Waals surface area contributed by atoms with E-state index in [1.54, 1.807) is 6.07 Å². The van der Waals surface area contributed by atoms with E-state index < -0.39 is 5.60 Å². The summed E-state index contributed by atoms with van der Waals surface area (Å²) in [4.78, 5) is 18.7. The standard InChI is InChI=1S/C16H22N2O2/c1-12-5-4-7-14(17-12)15(19)18-10-9-16(20)8-3-2-6-13(16)11-18/h4-5,7,13,20H,2-3,6,8-11H2,1H3. The van der Waals surface area contributed by atoms with Gasteiger partial charge < -0.3 is 10.0 Å². The lowest BCUT2D eigenvalue weighted by Gasteiger charge is -2.47. The van der Waals surface area contributed by atoms with E-state index in [4.69, 9.17) is 0 Å². The number of carbonyl (C=O) groups excluding carboxylic acids is 1. The predicted octanol–water partition coefficient (Wildman–Crippen LogP) is 2.16. The van der Waals surface area contributed by atoms with Crippen molar-refractivity contribution in [3.05, 3.63) is 29.6 Å². The minimum Gasteiger partial charge on any atom is -0.389 e. The number of likely N-dealkylation sites (tertiary alicyclic amines) is 1. The molecule has 1 aliphatic carbocycles. The predicted molar refractivity (Wildman–Crippen MR) is 76.4 cm³/mol. The largest absolute Gasteiger partial charge is 0.389 e. The number of rotatable bonds is 1. The van der Waals surface area contributed by atoms with Gasteiger partial charge in [-0.3, -0.25) is 4.79 Å². The van der Waals surface area contributed by atoms with Gasteiger partial charge in [-0.2, -0.15) is 0 Å². The lowest BCUT2D eigenvalue weighted by Crippen LogP contribution is -2.54. The molecule has 2 unspecified atom stereocenters. The Morgan fingerprint density at radius 3 is 3.05 bits per heavy atom. The van der Waals surface area contributed by atoms with Crippen LogP contribution in [0.2, 0.25) is 0 Å². The van der Waals surface area contributed by atoms with Crippen molar-refractivity contribution in [2.75, 3.05) is 13.1 Å². The van der Waals surface area contributed by atoms with E-state index in [0.717, 1.165) is 31.4 Å². The second-order valence-electron chi connectivity index (χ2n) is 6.21. The highest BCUT2D eigenvalue weighted by Gasteiger charge is 2.43.